The molecule has 0 aromatic carbocycles. The van der Waals surface area contributed by atoms with Gasteiger partial charge in [0.05, 0.1) is 17.7 Å². The largest absolute Gasteiger partial charge is 0.376 e. The smallest absolute Gasteiger partial charge is 0.242 e. The molecular formula is C17H21ClN4O2. The standard InChI is InChI=1S/C17H21ClN4O2/c18-14-5-6-16(20-15(14)10-19)22(11-13-4-3-9-24-13)12-17(23)21-7-1-2-8-21/h5-6,13H,1-4,7-9,11-12H2/t13-/m1/s1. The van der Waals surface area contributed by atoms with Crippen molar-refractivity contribution in [3.05, 3.63) is 22.8 Å². The third-order valence-electron chi connectivity index (χ3n) is 4.49. The maximum Gasteiger partial charge on any atom is 0.242 e. The number of hydrogen-bond acceptors (Lipinski definition) is 5. The van der Waals surface area contributed by atoms with Crippen LogP contribution in [0.5, 0.6) is 0 Å². The van der Waals surface area contributed by atoms with Gasteiger partial charge in [-0.3, -0.25) is 4.79 Å². The molecule has 1 aromatic heterocycles. The molecule has 2 aliphatic heterocycles. The number of halogens is 1. The number of pyridine rings is 1. The minimum absolute atomic E-state index is 0.0967. The number of carbonyl (C=O) groups excluding carboxylic acids is 1. The van der Waals surface area contributed by atoms with Gasteiger partial charge in [-0.15, -0.1) is 0 Å². The summed E-state index contributed by atoms with van der Waals surface area (Å²) in [4.78, 5) is 20.7. The monoisotopic (exact) mass is 348 g/mol. The molecule has 24 heavy (non-hydrogen) atoms. The Morgan fingerprint density at radius 2 is 2.21 bits per heavy atom. The SMILES string of the molecule is N#Cc1nc(N(CC(=O)N2CCCC2)C[C@H]2CCCO2)ccc1Cl. The van der Waals surface area contributed by atoms with Crippen LogP contribution in [0.4, 0.5) is 5.82 Å². The number of amides is 1. The summed E-state index contributed by atoms with van der Waals surface area (Å²) in [5, 5.41) is 9.47. The van der Waals surface area contributed by atoms with Gasteiger partial charge in [-0.05, 0) is 37.8 Å². The maximum atomic E-state index is 12.5. The molecule has 3 heterocycles. The second-order valence-electron chi connectivity index (χ2n) is 6.22. The lowest BCUT2D eigenvalue weighted by molar-refractivity contribution is -0.128. The van der Waals surface area contributed by atoms with Gasteiger partial charge in [0.2, 0.25) is 5.91 Å². The predicted molar refractivity (Wildman–Crippen MR) is 91.0 cm³/mol. The molecule has 2 fully saturated rings. The van der Waals surface area contributed by atoms with Gasteiger partial charge in [0.1, 0.15) is 11.9 Å². The molecule has 1 atom stereocenters. The summed E-state index contributed by atoms with van der Waals surface area (Å²) in [6.07, 6.45) is 4.24. The maximum absolute atomic E-state index is 12.5. The molecule has 2 saturated heterocycles. The summed E-state index contributed by atoms with van der Waals surface area (Å²) in [5.74, 6) is 0.694. The number of carbonyl (C=O) groups is 1. The Kier molecular flexibility index (Phi) is 5.54. The molecule has 0 unspecified atom stereocenters. The first-order valence-electron chi connectivity index (χ1n) is 8.38. The van der Waals surface area contributed by atoms with E-state index in [1.807, 2.05) is 15.9 Å². The van der Waals surface area contributed by atoms with Crippen LogP contribution in [0.2, 0.25) is 5.02 Å². The van der Waals surface area contributed by atoms with E-state index in [0.717, 1.165) is 45.4 Å². The van der Waals surface area contributed by atoms with Crippen molar-refractivity contribution in [2.24, 2.45) is 0 Å². The molecule has 0 spiro atoms. The van der Waals surface area contributed by atoms with Gasteiger partial charge in [0, 0.05) is 26.2 Å². The van der Waals surface area contributed by atoms with Gasteiger partial charge in [0.15, 0.2) is 5.69 Å². The van der Waals surface area contributed by atoms with Gasteiger partial charge >= 0.3 is 0 Å². The predicted octanol–water partition coefficient (Wildman–Crippen LogP) is 2.21. The molecule has 2 aliphatic rings. The number of likely N-dealkylation sites (tertiary alicyclic amines) is 1. The van der Waals surface area contributed by atoms with Gasteiger partial charge in [-0.25, -0.2) is 4.98 Å². The Labute approximate surface area is 147 Å². The number of anilines is 1. The Hall–Kier alpha value is -1.84. The van der Waals surface area contributed by atoms with Crippen LogP contribution in [-0.4, -0.2) is 54.7 Å². The van der Waals surface area contributed by atoms with E-state index in [4.69, 9.17) is 21.6 Å². The Morgan fingerprint density at radius 3 is 2.88 bits per heavy atom. The van der Waals surface area contributed by atoms with E-state index in [2.05, 4.69) is 4.98 Å². The van der Waals surface area contributed by atoms with Crippen LogP contribution in [0.15, 0.2) is 12.1 Å². The average Bonchev–Trinajstić information content (AvgIpc) is 3.28. The van der Waals surface area contributed by atoms with Gasteiger partial charge in [-0.2, -0.15) is 5.26 Å². The molecule has 1 aromatic rings. The Morgan fingerprint density at radius 1 is 1.42 bits per heavy atom. The lowest BCUT2D eigenvalue weighted by atomic mass is 10.2. The normalized spacial score (nSPS) is 20.2. The zero-order valence-corrected chi connectivity index (χ0v) is 14.3. The summed E-state index contributed by atoms with van der Waals surface area (Å²) < 4.78 is 5.71. The van der Waals surface area contributed by atoms with Crippen molar-refractivity contribution in [3.8, 4) is 6.07 Å². The highest BCUT2D eigenvalue weighted by Crippen LogP contribution is 2.22. The molecule has 1 amide bonds. The van der Waals surface area contributed by atoms with Gasteiger partial charge in [-0.1, -0.05) is 11.6 Å². The van der Waals surface area contributed by atoms with E-state index in [9.17, 15) is 4.79 Å². The third-order valence-corrected chi connectivity index (χ3v) is 4.80. The number of hydrogen-bond donors (Lipinski definition) is 0. The van der Waals surface area contributed by atoms with Crippen LogP contribution < -0.4 is 4.90 Å². The van der Waals surface area contributed by atoms with Crippen LogP contribution in [0.3, 0.4) is 0 Å². The number of rotatable bonds is 5. The van der Waals surface area contributed by atoms with Gasteiger partial charge < -0.3 is 14.5 Å². The van der Waals surface area contributed by atoms with Crippen LogP contribution in [0.25, 0.3) is 0 Å². The van der Waals surface area contributed by atoms with E-state index in [1.165, 1.54) is 0 Å². The highest BCUT2D eigenvalue weighted by atomic mass is 35.5. The number of ether oxygens (including phenoxy) is 1. The minimum Gasteiger partial charge on any atom is -0.376 e. The quantitative estimate of drug-likeness (QED) is 0.816. The van der Waals surface area contributed by atoms with E-state index >= 15 is 0 Å². The lowest BCUT2D eigenvalue weighted by Crippen LogP contribution is -2.42. The van der Waals surface area contributed by atoms with E-state index < -0.39 is 0 Å². The van der Waals surface area contributed by atoms with E-state index in [0.29, 0.717) is 17.4 Å². The lowest BCUT2D eigenvalue weighted by Gasteiger charge is -2.28. The molecule has 128 valence electrons. The van der Waals surface area contributed by atoms with Crippen molar-refractivity contribution in [2.45, 2.75) is 31.8 Å². The van der Waals surface area contributed by atoms with E-state index in [1.54, 1.807) is 12.1 Å². The number of nitriles is 1. The first-order valence-corrected chi connectivity index (χ1v) is 8.76. The van der Waals surface area contributed by atoms with Crippen molar-refractivity contribution in [3.63, 3.8) is 0 Å². The molecule has 0 radical (unpaired) electrons. The Bertz CT molecular complexity index is 634. The first kappa shape index (κ1) is 17.0. The molecule has 0 aliphatic carbocycles. The third kappa shape index (κ3) is 3.97. The fraction of sp³-hybridized carbons (Fsp3) is 0.588. The molecular weight excluding hydrogens is 328 g/mol. The second kappa shape index (κ2) is 7.82. The highest BCUT2D eigenvalue weighted by Gasteiger charge is 2.25. The van der Waals surface area contributed by atoms with Crippen LogP contribution in [0, 0.1) is 11.3 Å². The minimum atomic E-state index is 0.0967. The molecule has 0 bridgehead atoms. The highest BCUT2D eigenvalue weighted by molar-refractivity contribution is 6.31. The summed E-state index contributed by atoms with van der Waals surface area (Å²) in [6, 6.07) is 5.41. The van der Waals surface area contributed by atoms with Crippen LogP contribution >= 0.6 is 11.6 Å². The molecule has 0 saturated carbocycles. The molecule has 3 rings (SSSR count). The van der Waals surface area contributed by atoms with Crippen LogP contribution in [-0.2, 0) is 9.53 Å². The van der Waals surface area contributed by atoms with Crippen molar-refractivity contribution in [1.29, 1.82) is 5.26 Å². The van der Waals surface area contributed by atoms with E-state index in [-0.39, 0.29) is 24.2 Å². The number of aromatic nitrogens is 1. The molecule has 7 heteroatoms. The first-order chi connectivity index (χ1) is 11.7. The molecule has 0 N–H and O–H groups in total. The summed E-state index contributed by atoms with van der Waals surface area (Å²) in [7, 11) is 0. The summed E-state index contributed by atoms with van der Waals surface area (Å²) >= 11 is 5.98. The van der Waals surface area contributed by atoms with Crippen molar-refractivity contribution >= 4 is 23.3 Å². The zero-order valence-electron chi connectivity index (χ0n) is 13.6. The second-order valence-corrected chi connectivity index (χ2v) is 6.62. The van der Waals surface area contributed by atoms with Crippen molar-refractivity contribution in [1.82, 2.24) is 9.88 Å². The molecule has 6 nitrogen and oxygen atoms in total. The van der Waals surface area contributed by atoms with Gasteiger partial charge in [0.25, 0.3) is 0 Å². The zero-order chi connectivity index (χ0) is 16.9. The fourth-order valence-corrected chi connectivity index (χ4v) is 3.34. The topological polar surface area (TPSA) is 69.5 Å². The average molecular weight is 349 g/mol. The summed E-state index contributed by atoms with van der Waals surface area (Å²) in [5.41, 5.74) is 0.181. The summed E-state index contributed by atoms with van der Waals surface area (Å²) in [6.45, 7) is 3.25. The fourth-order valence-electron chi connectivity index (χ4n) is 3.19. The van der Waals surface area contributed by atoms with Crippen molar-refractivity contribution < 1.29 is 9.53 Å². The van der Waals surface area contributed by atoms with Crippen molar-refractivity contribution in [2.75, 3.05) is 37.7 Å². The Balaban J connectivity index is 1.78. The van der Waals surface area contributed by atoms with Crippen LogP contribution in [0.1, 0.15) is 31.4 Å². The number of nitrogens with zero attached hydrogens (tertiary/aromatic N) is 4.